The van der Waals surface area contributed by atoms with Gasteiger partial charge in [-0.3, -0.25) is 0 Å². The summed E-state index contributed by atoms with van der Waals surface area (Å²) in [7, 11) is 0. The minimum atomic E-state index is 0.308. The van der Waals surface area contributed by atoms with Gasteiger partial charge in [0.2, 0.25) is 0 Å². The Bertz CT molecular complexity index is 859. The number of hydrogen-bond donors (Lipinski definition) is 1. The fourth-order valence-electron chi connectivity index (χ4n) is 2.41. The summed E-state index contributed by atoms with van der Waals surface area (Å²) in [4.78, 5) is 8.12. The van der Waals surface area contributed by atoms with E-state index in [1.54, 1.807) is 6.20 Å². The molecule has 3 aromatic rings. The molecular weight excluding hydrogens is 312 g/mol. The first-order valence-electron chi connectivity index (χ1n) is 8.06. The monoisotopic (exact) mass is 330 g/mol. The summed E-state index contributed by atoms with van der Waals surface area (Å²) in [6, 6.07) is 20.1. The number of ether oxygens (including phenoxy) is 1. The van der Waals surface area contributed by atoms with E-state index in [1.807, 2.05) is 54.6 Å². The summed E-state index contributed by atoms with van der Waals surface area (Å²) in [6.07, 6.45) is 3.88. The largest absolute Gasteiger partial charge is 0.489 e. The van der Waals surface area contributed by atoms with E-state index in [0.717, 1.165) is 23.3 Å². The minimum absolute atomic E-state index is 0.308. The first-order valence-corrected chi connectivity index (χ1v) is 8.06. The van der Waals surface area contributed by atoms with E-state index in [2.05, 4.69) is 21.4 Å². The van der Waals surface area contributed by atoms with Crippen molar-refractivity contribution in [2.45, 2.75) is 13.0 Å². The Hall–Kier alpha value is -3.39. The second-order valence-electron chi connectivity index (χ2n) is 5.46. The molecule has 0 fully saturated rings. The highest BCUT2D eigenvalue weighted by atomic mass is 16.5. The number of hydrogen-bond acceptors (Lipinski definition) is 5. The third-order valence-corrected chi connectivity index (χ3v) is 3.66. The van der Waals surface area contributed by atoms with Gasteiger partial charge >= 0.3 is 0 Å². The second-order valence-corrected chi connectivity index (χ2v) is 5.46. The lowest BCUT2D eigenvalue weighted by molar-refractivity contribution is 0.306. The van der Waals surface area contributed by atoms with Crippen LogP contribution in [0.3, 0.4) is 0 Å². The zero-order valence-corrected chi connectivity index (χ0v) is 13.7. The first kappa shape index (κ1) is 16.5. The summed E-state index contributed by atoms with van der Waals surface area (Å²) < 4.78 is 5.85. The van der Waals surface area contributed by atoms with E-state index in [1.165, 1.54) is 6.20 Å². The molecule has 0 aliphatic heterocycles. The Morgan fingerprint density at radius 3 is 2.60 bits per heavy atom. The predicted octanol–water partition coefficient (Wildman–Crippen LogP) is 3.58. The molecule has 0 unspecified atom stereocenters. The van der Waals surface area contributed by atoms with Crippen LogP contribution >= 0.6 is 0 Å². The van der Waals surface area contributed by atoms with Crippen molar-refractivity contribution in [3.05, 3.63) is 83.8 Å². The van der Waals surface area contributed by atoms with Crippen LogP contribution < -0.4 is 10.1 Å². The van der Waals surface area contributed by atoms with Crippen LogP contribution in [0.1, 0.15) is 16.8 Å². The van der Waals surface area contributed by atoms with Crippen LogP contribution in [-0.4, -0.2) is 16.5 Å². The molecule has 0 saturated heterocycles. The Morgan fingerprint density at radius 1 is 0.960 bits per heavy atom. The highest BCUT2D eigenvalue weighted by Gasteiger charge is 2.03. The molecule has 0 aliphatic rings. The summed E-state index contributed by atoms with van der Waals surface area (Å²) in [6.45, 7) is 1.21. The summed E-state index contributed by atoms with van der Waals surface area (Å²) >= 11 is 0. The molecule has 5 heteroatoms. The quantitative estimate of drug-likeness (QED) is 0.717. The number of rotatable bonds is 7. The standard InChI is InChI=1S/C20H18N4O/c21-14-19-20(24-12-11-22-19)23-10-9-16-7-4-8-18(13-16)25-15-17-5-2-1-3-6-17/h1-8,11-13H,9-10,15H2,(H,23,24). The van der Waals surface area contributed by atoms with Gasteiger partial charge in [-0.2, -0.15) is 5.26 Å². The third kappa shape index (κ3) is 4.79. The van der Waals surface area contributed by atoms with Gasteiger partial charge in [-0.1, -0.05) is 42.5 Å². The molecule has 2 aromatic carbocycles. The molecule has 1 N–H and O–H groups in total. The predicted molar refractivity (Wildman–Crippen MR) is 96.2 cm³/mol. The zero-order chi connectivity index (χ0) is 17.3. The van der Waals surface area contributed by atoms with Crippen molar-refractivity contribution in [3.8, 4) is 11.8 Å². The number of nitrogens with zero attached hydrogens (tertiary/aromatic N) is 3. The highest BCUT2D eigenvalue weighted by molar-refractivity contribution is 5.46. The van der Waals surface area contributed by atoms with Crippen molar-refractivity contribution in [2.75, 3.05) is 11.9 Å². The van der Waals surface area contributed by atoms with E-state index in [-0.39, 0.29) is 0 Å². The molecule has 0 amide bonds. The molecule has 0 spiro atoms. The summed E-state index contributed by atoms with van der Waals surface area (Å²) in [5.74, 6) is 1.36. The average Bonchev–Trinajstić information content (AvgIpc) is 2.68. The smallest absolute Gasteiger partial charge is 0.182 e. The molecule has 1 heterocycles. The van der Waals surface area contributed by atoms with E-state index in [9.17, 15) is 0 Å². The van der Waals surface area contributed by atoms with Crippen molar-refractivity contribution in [2.24, 2.45) is 0 Å². The van der Waals surface area contributed by atoms with Crippen molar-refractivity contribution >= 4 is 5.82 Å². The van der Waals surface area contributed by atoms with Crippen LogP contribution in [0, 0.1) is 11.3 Å². The lowest BCUT2D eigenvalue weighted by Gasteiger charge is -2.09. The second kappa shape index (κ2) is 8.46. The van der Waals surface area contributed by atoms with Crippen molar-refractivity contribution < 1.29 is 4.74 Å². The maximum atomic E-state index is 9.02. The first-order chi connectivity index (χ1) is 12.3. The number of nitrogens with one attached hydrogen (secondary N) is 1. The normalized spacial score (nSPS) is 10.0. The minimum Gasteiger partial charge on any atom is -0.489 e. The number of benzene rings is 2. The van der Waals surface area contributed by atoms with Gasteiger partial charge in [0.15, 0.2) is 11.5 Å². The topological polar surface area (TPSA) is 70.8 Å². The molecule has 5 nitrogen and oxygen atoms in total. The molecule has 25 heavy (non-hydrogen) atoms. The Kier molecular flexibility index (Phi) is 5.57. The van der Waals surface area contributed by atoms with Crippen LogP contribution in [-0.2, 0) is 13.0 Å². The zero-order valence-electron chi connectivity index (χ0n) is 13.7. The van der Waals surface area contributed by atoms with Gasteiger partial charge in [0, 0.05) is 18.9 Å². The van der Waals surface area contributed by atoms with Crippen LogP contribution in [0.15, 0.2) is 67.0 Å². The van der Waals surface area contributed by atoms with E-state index in [4.69, 9.17) is 10.00 Å². The van der Waals surface area contributed by atoms with Crippen molar-refractivity contribution in [1.29, 1.82) is 5.26 Å². The highest BCUT2D eigenvalue weighted by Crippen LogP contribution is 2.16. The molecule has 0 aliphatic carbocycles. The summed E-state index contributed by atoms with van der Waals surface area (Å²) in [5.41, 5.74) is 2.60. The molecule has 0 atom stereocenters. The maximum Gasteiger partial charge on any atom is 0.182 e. The molecule has 3 rings (SSSR count). The lowest BCUT2D eigenvalue weighted by atomic mass is 10.1. The van der Waals surface area contributed by atoms with Gasteiger partial charge in [-0.05, 0) is 29.7 Å². The lowest BCUT2D eigenvalue weighted by Crippen LogP contribution is -2.08. The molecule has 0 bridgehead atoms. The Balaban J connectivity index is 1.54. The van der Waals surface area contributed by atoms with Crippen LogP contribution in [0.25, 0.3) is 0 Å². The van der Waals surface area contributed by atoms with Gasteiger partial charge in [-0.25, -0.2) is 9.97 Å². The Labute approximate surface area is 147 Å². The van der Waals surface area contributed by atoms with Crippen LogP contribution in [0.5, 0.6) is 5.75 Å². The van der Waals surface area contributed by atoms with Gasteiger partial charge in [0.1, 0.15) is 18.4 Å². The van der Waals surface area contributed by atoms with Crippen molar-refractivity contribution in [1.82, 2.24) is 9.97 Å². The van der Waals surface area contributed by atoms with Gasteiger partial charge < -0.3 is 10.1 Å². The molecule has 0 saturated carbocycles. The fourth-order valence-corrected chi connectivity index (χ4v) is 2.41. The number of aromatic nitrogens is 2. The molecule has 124 valence electrons. The Morgan fingerprint density at radius 2 is 1.76 bits per heavy atom. The van der Waals surface area contributed by atoms with Crippen LogP contribution in [0.2, 0.25) is 0 Å². The van der Waals surface area contributed by atoms with E-state index < -0.39 is 0 Å². The SMILES string of the molecule is N#Cc1nccnc1NCCc1cccc(OCc2ccccc2)c1. The van der Waals surface area contributed by atoms with Crippen LogP contribution in [0.4, 0.5) is 5.82 Å². The van der Waals surface area contributed by atoms with E-state index in [0.29, 0.717) is 24.7 Å². The third-order valence-electron chi connectivity index (χ3n) is 3.66. The van der Waals surface area contributed by atoms with Gasteiger partial charge in [0.25, 0.3) is 0 Å². The van der Waals surface area contributed by atoms with Crippen molar-refractivity contribution in [3.63, 3.8) is 0 Å². The fraction of sp³-hybridized carbons (Fsp3) is 0.150. The molecule has 0 radical (unpaired) electrons. The van der Waals surface area contributed by atoms with Gasteiger partial charge in [-0.15, -0.1) is 0 Å². The van der Waals surface area contributed by atoms with Gasteiger partial charge in [0.05, 0.1) is 0 Å². The molecular formula is C20H18N4O. The maximum absolute atomic E-state index is 9.02. The summed E-state index contributed by atoms with van der Waals surface area (Å²) in [5, 5.41) is 12.2. The van der Waals surface area contributed by atoms with E-state index >= 15 is 0 Å². The number of anilines is 1. The average molecular weight is 330 g/mol. The number of nitriles is 1. The molecule has 1 aromatic heterocycles.